The van der Waals surface area contributed by atoms with E-state index in [-0.39, 0.29) is 11.6 Å². The highest BCUT2D eigenvalue weighted by Gasteiger charge is 2.23. The van der Waals surface area contributed by atoms with Gasteiger partial charge in [0.1, 0.15) is 11.9 Å². The number of ether oxygens (including phenoxy) is 2. The predicted molar refractivity (Wildman–Crippen MR) is 102 cm³/mol. The van der Waals surface area contributed by atoms with Gasteiger partial charge in [0.05, 0.1) is 13.7 Å². The number of benzene rings is 1. The Hall–Kier alpha value is -3.40. The summed E-state index contributed by atoms with van der Waals surface area (Å²) in [5.41, 5.74) is 0.391. The van der Waals surface area contributed by atoms with Gasteiger partial charge in [-0.05, 0) is 45.0 Å². The predicted octanol–water partition coefficient (Wildman–Crippen LogP) is 1.95. The van der Waals surface area contributed by atoms with Gasteiger partial charge in [0.25, 0.3) is 5.91 Å². The van der Waals surface area contributed by atoms with E-state index in [1.165, 1.54) is 0 Å². The average Bonchev–Trinajstić information content (AvgIpc) is 3.14. The fourth-order valence-electron chi connectivity index (χ4n) is 2.18. The summed E-state index contributed by atoms with van der Waals surface area (Å²) in [6, 6.07) is 5.34. The number of anilines is 1. The van der Waals surface area contributed by atoms with Crippen LogP contribution in [0.3, 0.4) is 0 Å². The molecule has 1 atom stereocenters. The molecule has 0 unspecified atom stereocenters. The third-order valence-corrected chi connectivity index (χ3v) is 3.49. The number of carbonyl (C=O) groups is 3. The molecule has 0 aliphatic rings. The molecule has 29 heavy (non-hydrogen) atoms. The molecule has 3 N–H and O–H groups in total. The molecule has 10 heteroatoms. The first kappa shape index (κ1) is 21.9. The lowest BCUT2D eigenvalue weighted by molar-refractivity contribution is -0.143. The van der Waals surface area contributed by atoms with Gasteiger partial charge in [0, 0.05) is 11.3 Å². The minimum atomic E-state index is -1.20. The van der Waals surface area contributed by atoms with E-state index in [1.807, 2.05) is 0 Å². The molecule has 1 aromatic carbocycles. The molecule has 156 valence electrons. The second kappa shape index (κ2) is 9.20. The van der Waals surface area contributed by atoms with E-state index in [4.69, 9.17) is 14.3 Å². The lowest BCUT2D eigenvalue weighted by Crippen LogP contribution is -2.44. The normalized spacial score (nSPS) is 12.0. The summed E-state index contributed by atoms with van der Waals surface area (Å²) in [4.78, 5) is 39.4. The molecule has 0 aliphatic heterocycles. The van der Waals surface area contributed by atoms with Crippen LogP contribution in [0.5, 0.6) is 0 Å². The number of oxazole rings is 1. The van der Waals surface area contributed by atoms with Crippen molar-refractivity contribution in [2.24, 2.45) is 0 Å². The van der Waals surface area contributed by atoms with Crippen molar-refractivity contribution in [1.82, 2.24) is 10.3 Å². The second-order valence-electron chi connectivity index (χ2n) is 6.97. The maximum atomic E-state index is 12.2. The van der Waals surface area contributed by atoms with Gasteiger partial charge in [-0.3, -0.25) is 10.1 Å². The zero-order chi connectivity index (χ0) is 21.6. The number of rotatable bonds is 6. The van der Waals surface area contributed by atoms with Crippen LogP contribution in [0.2, 0.25) is 0 Å². The molecule has 0 spiro atoms. The highest BCUT2D eigenvalue weighted by atomic mass is 16.6. The molecule has 0 aliphatic carbocycles. The van der Waals surface area contributed by atoms with Crippen molar-refractivity contribution in [3.8, 4) is 11.5 Å². The van der Waals surface area contributed by atoms with E-state index in [0.717, 1.165) is 13.4 Å². The van der Waals surface area contributed by atoms with Crippen LogP contribution in [-0.2, 0) is 14.3 Å². The fourth-order valence-corrected chi connectivity index (χ4v) is 2.18. The number of amides is 2. The van der Waals surface area contributed by atoms with Gasteiger partial charge in [-0.2, -0.15) is 0 Å². The van der Waals surface area contributed by atoms with Crippen molar-refractivity contribution in [3.63, 3.8) is 0 Å². The largest absolute Gasteiger partial charge is 0.467 e. The molecule has 1 heterocycles. The Morgan fingerprint density at radius 1 is 1.21 bits per heavy atom. The number of esters is 1. The molecule has 0 fully saturated rings. The van der Waals surface area contributed by atoms with Crippen LogP contribution in [-0.4, -0.2) is 53.4 Å². The first-order valence-electron chi connectivity index (χ1n) is 8.68. The van der Waals surface area contributed by atoms with E-state index >= 15 is 0 Å². The number of aliphatic hydroxyl groups excluding tert-OH is 1. The Labute approximate surface area is 167 Å². The van der Waals surface area contributed by atoms with Crippen molar-refractivity contribution < 1.29 is 33.4 Å². The standard InChI is InChI=1S/C19H23N3O7/c1-19(2,3)29-18(26)20-12-7-5-11(6-8-12)16-22-14(10-28-16)15(24)21-13(9-23)17(25)27-4/h5-8,10,13,23H,9H2,1-4H3,(H,20,26)(H,21,24)/t13-/m0/s1. The molecule has 2 aromatic rings. The number of aliphatic hydroxyl groups is 1. The molecule has 0 radical (unpaired) electrons. The highest BCUT2D eigenvalue weighted by Crippen LogP contribution is 2.21. The molecule has 1 aromatic heterocycles. The number of methoxy groups -OCH3 is 1. The van der Waals surface area contributed by atoms with Crippen LogP contribution >= 0.6 is 0 Å². The summed E-state index contributed by atoms with van der Waals surface area (Å²) < 4.78 is 15.0. The van der Waals surface area contributed by atoms with Crippen LogP contribution in [0.15, 0.2) is 34.9 Å². The molecule has 0 saturated heterocycles. The molecule has 0 bridgehead atoms. The van der Waals surface area contributed by atoms with Crippen molar-refractivity contribution in [2.75, 3.05) is 19.0 Å². The highest BCUT2D eigenvalue weighted by molar-refractivity contribution is 5.95. The summed E-state index contributed by atoms with van der Waals surface area (Å²) in [6.45, 7) is 4.68. The third-order valence-electron chi connectivity index (χ3n) is 3.49. The fraction of sp³-hybridized carbons (Fsp3) is 0.368. The topological polar surface area (TPSA) is 140 Å². The molecule has 2 amide bonds. The molecule has 10 nitrogen and oxygen atoms in total. The number of nitrogens with zero attached hydrogens (tertiary/aromatic N) is 1. The van der Waals surface area contributed by atoms with Crippen molar-refractivity contribution in [3.05, 3.63) is 36.2 Å². The summed E-state index contributed by atoms with van der Waals surface area (Å²) in [5, 5.41) is 14.1. The summed E-state index contributed by atoms with van der Waals surface area (Å²) in [5.74, 6) is -1.32. The molecule has 2 rings (SSSR count). The van der Waals surface area contributed by atoms with Gasteiger partial charge in [-0.25, -0.2) is 14.6 Å². The van der Waals surface area contributed by atoms with Crippen LogP contribution in [0.1, 0.15) is 31.3 Å². The number of aromatic nitrogens is 1. The summed E-state index contributed by atoms with van der Waals surface area (Å²) in [6.07, 6.45) is 0.549. The first-order chi connectivity index (χ1) is 13.6. The first-order valence-corrected chi connectivity index (χ1v) is 8.68. The van der Waals surface area contributed by atoms with Crippen LogP contribution in [0.4, 0.5) is 10.5 Å². The maximum Gasteiger partial charge on any atom is 0.412 e. The Morgan fingerprint density at radius 3 is 2.41 bits per heavy atom. The summed E-state index contributed by atoms with van der Waals surface area (Å²) >= 11 is 0. The maximum absolute atomic E-state index is 12.2. The lowest BCUT2D eigenvalue weighted by Gasteiger charge is -2.19. The SMILES string of the molecule is COC(=O)[C@H](CO)NC(=O)c1coc(-c2ccc(NC(=O)OC(C)(C)C)cc2)n1. The number of carbonyl (C=O) groups excluding carboxylic acids is 3. The average molecular weight is 405 g/mol. The lowest BCUT2D eigenvalue weighted by atomic mass is 10.2. The minimum absolute atomic E-state index is 0.0710. The number of hydrogen-bond donors (Lipinski definition) is 3. The van der Waals surface area contributed by atoms with E-state index in [9.17, 15) is 14.4 Å². The number of nitrogens with one attached hydrogen (secondary N) is 2. The van der Waals surface area contributed by atoms with Gasteiger partial charge in [-0.15, -0.1) is 0 Å². The smallest absolute Gasteiger partial charge is 0.412 e. The van der Waals surface area contributed by atoms with Crippen LogP contribution in [0, 0.1) is 0 Å². The molecular formula is C19H23N3O7. The van der Waals surface area contributed by atoms with Crippen LogP contribution in [0.25, 0.3) is 11.5 Å². The Morgan fingerprint density at radius 2 is 1.86 bits per heavy atom. The van der Waals surface area contributed by atoms with Gasteiger partial charge < -0.3 is 24.3 Å². The van der Waals surface area contributed by atoms with Gasteiger partial charge >= 0.3 is 12.1 Å². The zero-order valence-corrected chi connectivity index (χ0v) is 16.5. The van der Waals surface area contributed by atoms with E-state index in [2.05, 4.69) is 20.4 Å². The molecular weight excluding hydrogens is 382 g/mol. The quantitative estimate of drug-likeness (QED) is 0.620. The summed E-state index contributed by atoms with van der Waals surface area (Å²) in [7, 11) is 1.15. The van der Waals surface area contributed by atoms with Gasteiger partial charge in [0.15, 0.2) is 11.7 Å². The van der Waals surface area contributed by atoms with E-state index in [0.29, 0.717) is 11.3 Å². The number of hydrogen-bond acceptors (Lipinski definition) is 8. The van der Waals surface area contributed by atoms with Crippen LogP contribution < -0.4 is 10.6 Å². The van der Waals surface area contributed by atoms with Gasteiger partial charge in [0.2, 0.25) is 5.89 Å². The van der Waals surface area contributed by atoms with Gasteiger partial charge in [-0.1, -0.05) is 0 Å². The van der Waals surface area contributed by atoms with Crippen molar-refractivity contribution in [2.45, 2.75) is 32.4 Å². The Balaban J connectivity index is 2.04. The Kier molecular flexibility index (Phi) is 6.94. The zero-order valence-electron chi connectivity index (χ0n) is 16.5. The minimum Gasteiger partial charge on any atom is -0.467 e. The third kappa shape index (κ3) is 6.32. The van der Waals surface area contributed by atoms with E-state index < -0.39 is 36.2 Å². The monoisotopic (exact) mass is 405 g/mol. The van der Waals surface area contributed by atoms with E-state index in [1.54, 1.807) is 45.0 Å². The van der Waals surface area contributed by atoms with Crippen molar-refractivity contribution in [1.29, 1.82) is 0 Å². The second-order valence-corrected chi connectivity index (χ2v) is 6.97. The Bertz CT molecular complexity index is 869. The molecule has 0 saturated carbocycles. The van der Waals surface area contributed by atoms with Crippen molar-refractivity contribution >= 4 is 23.7 Å².